The van der Waals surface area contributed by atoms with Crippen molar-refractivity contribution in [3.05, 3.63) is 25.3 Å². The van der Waals surface area contributed by atoms with Crippen LogP contribution < -0.4 is 0 Å². The van der Waals surface area contributed by atoms with Gasteiger partial charge in [-0.15, -0.1) is 13.2 Å². The molecule has 16 nitrogen and oxygen atoms in total. The van der Waals surface area contributed by atoms with Gasteiger partial charge in [-0.05, 0) is 172 Å². The summed E-state index contributed by atoms with van der Waals surface area (Å²) in [7, 11) is 0. The first kappa shape index (κ1) is 51.9. The van der Waals surface area contributed by atoms with E-state index in [0.29, 0.717) is 32.1 Å². The van der Waals surface area contributed by atoms with Crippen LogP contribution in [-0.2, 0) is 62.0 Å². The third-order valence-corrected chi connectivity index (χ3v) is 8.36. The molecule has 0 fully saturated rings. The van der Waals surface area contributed by atoms with E-state index in [1.165, 1.54) is 60.6 Å². The maximum absolute atomic E-state index is 11.3. The number of esters is 6. The van der Waals surface area contributed by atoms with Crippen molar-refractivity contribution in [2.24, 2.45) is 0 Å². The molecule has 0 aliphatic heterocycles. The van der Waals surface area contributed by atoms with Crippen LogP contribution in [0.5, 0.6) is 0 Å². The van der Waals surface area contributed by atoms with Crippen LogP contribution in [0, 0.1) is 0 Å². The molecule has 0 rings (SSSR count). The first-order valence-electron chi connectivity index (χ1n) is 33.2. The summed E-state index contributed by atoms with van der Waals surface area (Å²) in [5.41, 5.74) is 0. The van der Waals surface area contributed by atoms with Crippen molar-refractivity contribution in [3.63, 3.8) is 0 Å². The molecular weight excluding hydrogens is 1180 g/mol. The number of aliphatic hydroxyl groups excluding tert-OH is 2. The average molecular weight is 1310 g/mol. The van der Waals surface area contributed by atoms with Crippen molar-refractivity contribution in [2.75, 3.05) is 22.1 Å². The summed E-state index contributed by atoms with van der Waals surface area (Å²) < 4.78 is 167. The van der Waals surface area contributed by atoms with Gasteiger partial charge < -0.3 is 43.7 Å². The number of allylic oxidation sites excluding steroid dienone is 2. The molecule has 0 saturated carbocycles. The number of rotatable bonds is 34. The van der Waals surface area contributed by atoms with Crippen molar-refractivity contribution in [3.8, 4) is 0 Å². The number of ether oxygens (including phenoxy) is 6. The summed E-state index contributed by atoms with van der Waals surface area (Å²) in [5.74, 6) is -4.41. The number of carbonyl (C=O) groups excluding carboxylic acids is 6. The van der Waals surface area contributed by atoms with Crippen molar-refractivity contribution in [1.82, 2.24) is 0 Å². The molecule has 0 amide bonds. The molecule has 6 atom stereocenters. The van der Waals surface area contributed by atoms with Crippen LogP contribution in [0.25, 0.3) is 0 Å². The predicted octanol–water partition coefficient (Wildman–Crippen LogP) is 13.5. The topological polar surface area (TPSA) is 236 Å². The average Bonchev–Trinajstić information content (AvgIpc) is 0.927. The van der Waals surface area contributed by atoms with Crippen LogP contribution in [0.1, 0.15) is 256 Å². The molecule has 18 heteroatoms. The summed E-state index contributed by atoms with van der Waals surface area (Å²) in [6.07, 6.45) is -15.1. The molecule has 3 N–H and O–H groups in total. The fourth-order valence-corrected chi connectivity index (χ4v) is 4.69. The van der Waals surface area contributed by atoms with Crippen LogP contribution in [0.3, 0.4) is 0 Å². The summed E-state index contributed by atoms with van der Waals surface area (Å²) in [4.78, 5) is 74.5. The Morgan fingerprint density at radius 3 is 0.878 bits per heavy atom. The first-order chi connectivity index (χ1) is 41.2. The number of aliphatic carboxylic acids is 1. The molecular formula is C56H106I2O16. The van der Waals surface area contributed by atoms with Gasteiger partial charge in [0.05, 0.1) is 44.7 Å². The predicted molar refractivity (Wildman–Crippen MR) is 315 cm³/mol. The lowest BCUT2D eigenvalue weighted by Crippen LogP contribution is -2.14. The lowest BCUT2D eigenvalue weighted by Gasteiger charge is -2.12. The van der Waals surface area contributed by atoms with Gasteiger partial charge in [-0.1, -0.05) is 78.1 Å². The van der Waals surface area contributed by atoms with E-state index in [9.17, 15) is 28.8 Å². The Hall–Kier alpha value is -2.85. The van der Waals surface area contributed by atoms with Gasteiger partial charge in [-0.3, -0.25) is 33.6 Å². The zero-order chi connectivity index (χ0) is 74.8. The van der Waals surface area contributed by atoms with Crippen LogP contribution in [-0.4, -0.2) is 116 Å². The number of carbonyl (C=O) groups is 7. The van der Waals surface area contributed by atoms with E-state index in [1.54, 1.807) is 0 Å². The highest BCUT2D eigenvalue weighted by molar-refractivity contribution is 14.1. The van der Waals surface area contributed by atoms with Gasteiger partial charge in [-0.25, -0.2) is 0 Å². The van der Waals surface area contributed by atoms with Crippen molar-refractivity contribution in [1.29, 1.82) is 0 Å². The normalized spacial score (nSPS) is 19.4. The minimum Gasteiger partial charge on any atom is -0.481 e. The molecule has 0 aromatic rings. The summed E-state index contributed by atoms with van der Waals surface area (Å²) in [6, 6.07) is 0. The SMILES string of the molecule is CC(=O)O.[2H]C([2H])(CC=C)[C@@]([2H])(C)OC(=O)CCC.[2H]C([2H])(CC=C)[C@]([2H])(C)OC(C)=O.[2H]C([2H])(CCCI)[C@@]([2H])(C)OC(=O)CCC.[2H]C([2H])(CCCI)[C@@]([2H])(C)OC(C)=O.[2H]C([2H])(CCCO)[C@@]([2H])(C)OC(=O)CCC.[2H]C([2H])(CCCO)[C@@]([2H])(C)OC(C)=O. The number of carboxylic acids is 1. The number of alkyl halides is 2. The molecule has 0 radical (unpaired) electrons. The minimum absolute atomic E-state index is 0.0110. The first-order valence-corrected chi connectivity index (χ1v) is 27.3. The zero-order valence-electron chi connectivity index (χ0n) is 64.6. The number of aliphatic hydroxyl groups is 2. The Balaban J connectivity index is -0.000000186. The van der Waals surface area contributed by atoms with Crippen LogP contribution in [0.2, 0.25) is 0 Å². The maximum atomic E-state index is 11.3. The highest BCUT2D eigenvalue weighted by Gasteiger charge is 2.10. The standard InChI is InChI=1S/C10H19IO2.C10H20O3.C10H18O2.C8H15IO2.C8H16O3.C8H14O2.C2H4O2/c2*1-3-6-10(12)13-9(2)7-4-5-8-11;1-4-6-8-9(3)12-10(11)7-5-2;2*1-7(11-8(2)10)5-3-4-6-9;1-4-5-6-7(2)10-8(3)9;1-2(3)4/h9H,3-8H2,1-2H3;9,11H,3-8H2,1-2H3;4,9H,1,5-8H2,2-3H3;7H,3-6H2,1-2H3;7,9H,3-6H2,1-2H3;4,7H,1,5-6H2,2-3H3;1H3,(H,3,4)/t3*9-;3*7-;/m111110./s1/i2*7D2,9D;8D2,9D;2*5D2,7D;6D2,7D;. The highest BCUT2D eigenvalue weighted by atomic mass is 127. The second kappa shape index (κ2) is 68.2. The minimum atomic E-state index is -1.96. The van der Waals surface area contributed by atoms with Gasteiger partial charge in [0.25, 0.3) is 5.97 Å². The van der Waals surface area contributed by atoms with Gasteiger partial charge in [0.2, 0.25) is 0 Å². The van der Waals surface area contributed by atoms with E-state index in [0.717, 1.165) is 29.6 Å². The van der Waals surface area contributed by atoms with Crippen LogP contribution >= 0.6 is 45.2 Å². The lowest BCUT2D eigenvalue weighted by atomic mass is 10.2. The number of halogens is 2. The van der Waals surface area contributed by atoms with Crippen molar-refractivity contribution < 1.29 is 102 Å². The molecule has 0 heterocycles. The molecule has 0 aromatic heterocycles. The van der Waals surface area contributed by atoms with Gasteiger partial charge in [0.15, 0.2) is 0 Å². The monoisotopic (exact) mass is 1310 g/mol. The van der Waals surface area contributed by atoms with Crippen molar-refractivity contribution in [2.45, 2.75) is 267 Å². The molecule has 440 valence electrons. The zero-order valence-corrected chi connectivity index (χ0v) is 50.9. The fourth-order valence-electron chi connectivity index (χ4n) is 3.92. The van der Waals surface area contributed by atoms with Crippen LogP contribution in [0.4, 0.5) is 0 Å². The van der Waals surface area contributed by atoms with Crippen molar-refractivity contribution >= 4 is 87.0 Å². The number of carboxylic acid groups (broad SMARTS) is 1. The molecule has 0 aliphatic carbocycles. The van der Waals surface area contributed by atoms with Gasteiger partial charge in [0.1, 0.15) is 0 Å². The van der Waals surface area contributed by atoms with Crippen LogP contribution in [0.15, 0.2) is 25.3 Å². The Labute approximate surface area is 501 Å². The summed E-state index contributed by atoms with van der Waals surface area (Å²) in [5, 5.41) is 24.6. The number of hydrogen-bond acceptors (Lipinski definition) is 15. The molecule has 0 aliphatic rings. The van der Waals surface area contributed by atoms with Gasteiger partial charge in [0, 0.05) is 76.6 Å². The summed E-state index contributed by atoms with van der Waals surface area (Å²) >= 11 is 4.30. The highest BCUT2D eigenvalue weighted by Crippen LogP contribution is 2.10. The molecule has 0 saturated heterocycles. The number of hydrogen-bond donors (Lipinski definition) is 3. The second-order valence-electron chi connectivity index (χ2n) is 14.6. The maximum Gasteiger partial charge on any atom is 0.306 e. The Bertz CT molecular complexity index is 2060. The second-order valence-corrected chi connectivity index (χ2v) is 16.8. The molecule has 0 aromatic carbocycles. The third kappa shape index (κ3) is 95.0. The lowest BCUT2D eigenvalue weighted by molar-refractivity contribution is -0.149. The quantitative estimate of drug-likeness (QED) is 0.0179. The van der Waals surface area contributed by atoms with Gasteiger partial charge in [-0.2, -0.15) is 0 Å². The molecule has 0 bridgehead atoms. The fraction of sp³-hybridized carbons (Fsp3) is 0.804. The molecule has 74 heavy (non-hydrogen) atoms. The Kier molecular flexibility index (Phi) is 47.8. The third-order valence-electron chi connectivity index (χ3n) is 6.83. The van der Waals surface area contributed by atoms with E-state index in [4.69, 9.17) is 59.0 Å². The largest absolute Gasteiger partial charge is 0.481 e. The summed E-state index contributed by atoms with van der Waals surface area (Å²) in [6.45, 7) is 24.0. The van der Waals surface area contributed by atoms with E-state index in [1.807, 2.05) is 20.8 Å². The molecule has 0 unspecified atom stereocenters. The Morgan fingerprint density at radius 2 is 0.676 bits per heavy atom. The van der Waals surface area contributed by atoms with E-state index < -0.39 is 117 Å². The van der Waals surface area contributed by atoms with Gasteiger partial charge >= 0.3 is 35.8 Å². The van der Waals surface area contributed by atoms with E-state index in [2.05, 4.69) is 72.6 Å². The van der Waals surface area contributed by atoms with E-state index in [-0.39, 0.29) is 83.8 Å². The smallest absolute Gasteiger partial charge is 0.306 e. The van der Waals surface area contributed by atoms with E-state index >= 15 is 0 Å². The Morgan fingerprint density at radius 1 is 0.459 bits per heavy atom. The molecule has 0 spiro atoms.